The molecule has 0 radical (unpaired) electrons. The average Bonchev–Trinajstić information content (AvgIpc) is 3.15. The molecule has 0 bridgehead atoms. The summed E-state index contributed by atoms with van der Waals surface area (Å²) in [7, 11) is 0. The first-order valence-electron chi connectivity index (χ1n) is 8.43. The zero-order valence-corrected chi connectivity index (χ0v) is 16.6. The predicted molar refractivity (Wildman–Crippen MR) is 109 cm³/mol. The lowest BCUT2D eigenvalue weighted by Crippen LogP contribution is -2.27. The van der Waals surface area contributed by atoms with Crippen molar-refractivity contribution in [2.75, 3.05) is 0 Å². The molecule has 1 amide bonds. The fourth-order valence-electron chi connectivity index (χ4n) is 2.53. The Hall–Kier alpha value is -3.10. The number of aliphatic carboxylic acids is 1. The number of amides is 1. The summed E-state index contributed by atoms with van der Waals surface area (Å²) in [6, 6.07) is 14.1. The smallest absolute Gasteiger partial charge is 0.416 e. The maximum Gasteiger partial charge on any atom is 0.416 e. The van der Waals surface area contributed by atoms with Crippen LogP contribution in [0.2, 0.25) is 5.02 Å². The third kappa shape index (κ3) is 5.08. The number of nitrogens with one attached hydrogen (secondary N) is 1. The van der Waals surface area contributed by atoms with Crippen molar-refractivity contribution in [3.8, 4) is 10.4 Å². The second-order valence-corrected chi connectivity index (χ2v) is 7.60. The van der Waals surface area contributed by atoms with Crippen LogP contribution < -0.4 is 5.32 Å². The van der Waals surface area contributed by atoms with Crippen LogP contribution in [-0.4, -0.2) is 17.0 Å². The van der Waals surface area contributed by atoms with Crippen molar-refractivity contribution in [1.82, 2.24) is 5.32 Å². The first-order valence-corrected chi connectivity index (χ1v) is 9.63. The van der Waals surface area contributed by atoms with Gasteiger partial charge in [-0.1, -0.05) is 29.8 Å². The third-order valence-electron chi connectivity index (χ3n) is 4.01. The maximum absolute atomic E-state index is 12.6. The molecule has 3 rings (SSSR count). The van der Waals surface area contributed by atoms with Gasteiger partial charge in [0.05, 0.1) is 5.56 Å². The molecule has 30 heavy (non-hydrogen) atoms. The molecule has 0 aliphatic rings. The van der Waals surface area contributed by atoms with Gasteiger partial charge in [-0.2, -0.15) is 13.2 Å². The van der Waals surface area contributed by atoms with Crippen LogP contribution in [0, 0.1) is 0 Å². The van der Waals surface area contributed by atoms with E-state index in [0.717, 1.165) is 34.7 Å². The fourth-order valence-corrected chi connectivity index (χ4v) is 3.82. The van der Waals surface area contributed by atoms with E-state index in [1.807, 2.05) is 12.1 Å². The summed E-state index contributed by atoms with van der Waals surface area (Å²) in [5.74, 6) is -2.22. The summed E-state index contributed by atoms with van der Waals surface area (Å²) in [4.78, 5) is 25.2. The normalized spacial score (nSPS) is 11.9. The largest absolute Gasteiger partial charge is 0.477 e. The van der Waals surface area contributed by atoms with Gasteiger partial charge in [0.25, 0.3) is 5.91 Å². The molecule has 0 saturated heterocycles. The SMILES string of the molecule is O=C(O)C(=Cc1ccc(-c2ccccc2Cl)s1)NC(=O)c1ccc(C(F)(F)F)cc1. The second kappa shape index (κ2) is 8.73. The van der Waals surface area contributed by atoms with Gasteiger partial charge >= 0.3 is 12.1 Å². The van der Waals surface area contributed by atoms with E-state index in [-0.39, 0.29) is 5.56 Å². The Morgan fingerprint density at radius 3 is 2.27 bits per heavy atom. The molecule has 1 aromatic heterocycles. The van der Waals surface area contributed by atoms with E-state index < -0.39 is 29.3 Å². The number of hydrogen-bond acceptors (Lipinski definition) is 3. The summed E-state index contributed by atoms with van der Waals surface area (Å²) in [6.07, 6.45) is -3.25. The molecule has 4 nitrogen and oxygen atoms in total. The number of carboxylic acid groups (broad SMARTS) is 1. The van der Waals surface area contributed by atoms with Crippen molar-refractivity contribution >= 4 is 40.9 Å². The molecule has 9 heteroatoms. The molecule has 2 N–H and O–H groups in total. The van der Waals surface area contributed by atoms with Gasteiger partial charge in [-0.25, -0.2) is 4.79 Å². The third-order valence-corrected chi connectivity index (χ3v) is 5.40. The molecule has 0 unspecified atom stereocenters. The summed E-state index contributed by atoms with van der Waals surface area (Å²) < 4.78 is 37.9. The highest BCUT2D eigenvalue weighted by atomic mass is 35.5. The lowest BCUT2D eigenvalue weighted by Gasteiger charge is -2.08. The molecule has 3 aromatic rings. The van der Waals surface area contributed by atoms with Crippen molar-refractivity contribution in [3.63, 3.8) is 0 Å². The topological polar surface area (TPSA) is 66.4 Å². The molecule has 2 aromatic carbocycles. The fraction of sp³-hybridized carbons (Fsp3) is 0.0476. The van der Waals surface area contributed by atoms with Crippen LogP contribution in [0.15, 0.2) is 66.4 Å². The van der Waals surface area contributed by atoms with Gasteiger partial charge in [0.1, 0.15) is 5.70 Å². The molecule has 0 aliphatic heterocycles. The van der Waals surface area contributed by atoms with Gasteiger partial charge in [-0.15, -0.1) is 11.3 Å². The van der Waals surface area contributed by atoms with Gasteiger partial charge in [0.2, 0.25) is 0 Å². The van der Waals surface area contributed by atoms with Crippen LogP contribution in [0.4, 0.5) is 13.2 Å². The summed E-state index contributed by atoms with van der Waals surface area (Å²) in [5, 5.41) is 12.2. The highest BCUT2D eigenvalue weighted by Crippen LogP contribution is 2.34. The van der Waals surface area contributed by atoms with E-state index in [1.54, 1.807) is 24.3 Å². The minimum atomic E-state index is -4.53. The van der Waals surface area contributed by atoms with Crippen LogP contribution in [0.5, 0.6) is 0 Å². The number of alkyl halides is 3. The zero-order valence-electron chi connectivity index (χ0n) is 15.0. The zero-order chi connectivity index (χ0) is 21.9. The van der Waals surface area contributed by atoms with E-state index in [0.29, 0.717) is 9.90 Å². The Morgan fingerprint density at radius 2 is 1.67 bits per heavy atom. The highest BCUT2D eigenvalue weighted by molar-refractivity contribution is 7.16. The molecule has 0 saturated carbocycles. The van der Waals surface area contributed by atoms with Gasteiger partial charge < -0.3 is 10.4 Å². The van der Waals surface area contributed by atoms with Crippen molar-refractivity contribution in [1.29, 1.82) is 0 Å². The molecule has 0 fully saturated rings. The van der Waals surface area contributed by atoms with E-state index in [1.165, 1.54) is 17.4 Å². The van der Waals surface area contributed by atoms with Crippen molar-refractivity contribution in [3.05, 3.63) is 87.4 Å². The lowest BCUT2D eigenvalue weighted by atomic mass is 10.1. The quantitative estimate of drug-likeness (QED) is 0.471. The number of carbonyl (C=O) groups is 2. The lowest BCUT2D eigenvalue weighted by molar-refractivity contribution is -0.137. The van der Waals surface area contributed by atoms with Crippen molar-refractivity contribution in [2.24, 2.45) is 0 Å². The molecular weight excluding hydrogens is 439 g/mol. The number of halogens is 4. The van der Waals surface area contributed by atoms with Crippen LogP contribution in [0.25, 0.3) is 16.5 Å². The molecule has 1 heterocycles. The molecular formula is C21H13ClF3NO3S. The Labute approximate surface area is 178 Å². The Kier molecular flexibility index (Phi) is 6.28. The van der Waals surface area contributed by atoms with E-state index >= 15 is 0 Å². The number of thiophene rings is 1. The highest BCUT2D eigenvalue weighted by Gasteiger charge is 2.30. The first-order chi connectivity index (χ1) is 14.1. The summed E-state index contributed by atoms with van der Waals surface area (Å²) >= 11 is 7.44. The second-order valence-electron chi connectivity index (χ2n) is 6.07. The predicted octanol–water partition coefficient (Wildman–Crippen LogP) is 5.94. The number of carbonyl (C=O) groups excluding carboxylic acids is 1. The minimum absolute atomic E-state index is 0.0990. The van der Waals surface area contributed by atoms with Crippen molar-refractivity contribution in [2.45, 2.75) is 6.18 Å². The Bertz CT molecular complexity index is 1120. The number of rotatable bonds is 5. The molecule has 0 spiro atoms. The summed E-state index contributed by atoms with van der Waals surface area (Å²) in [5.41, 5.74) is -0.626. The standard InChI is InChI=1S/C21H13ClF3NO3S/c22-16-4-2-1-3-15(16)18-10-9-14(30-18)11-17(20(28)29)26-19(27)12-5-7-13(8-6-12)21(23,24)25/h1-11H,(H,26,27)(H,28,29). The Balaban J connectivity index is 1.81. The van der Waals surface area contributed by atoms with Gasteiger partial charge in [-0.05, 0) is 48.5 Å². The van der Waals surface area contributed by atoms with Gasteiger partial charge in [0, 0.05) is 25.9 Å². The van der Waals surface area contributed by atoms with Crippen LogP contribution in [-0.2, 0) is 11.0 Å². The Morgan fingerprint density at radius 1 is 1.00 bits per heavy atom. The summed E-state index contributed by atoms with van der Waals surface area (Å²) in [6.45, 7) is 0. The number of carboxylic acids is 1. The first kappa shape index (κ1) is 21.6. The van der Waals surface area contributed by atoms with Crippen LogP contribution in [0.1, 0.15) is 20.8 Å². The number of benzene rings is 2. The van der Waals surface area contributed by atoms with Gasteiger partial charge in [-0.3, -0.25) is 4.79 Å². The minimum Gasteiger partial charge on any atom is -0.477 e. The maximum atomic E-state index is 12.6. The molecule has 0 atom stereocenters. The molecule has 0 aliphatic carbocycles. The van der Waals surface area contributed by atoms with Crippen LogP contribution >= 0.6 is 22.9 Å². The molecule has 154 valence electrons. The van der Waals surface area contributed by atoms with Crippen molar-refractivity contribution < 1.29 is 27.9 Å². The van der Waals surface area contributed by atoms with Crippen LogP contribution in [0.3, 0.4) is 0 Å². The van der Waals surface area contributed by atoms with E-state index in [4.69, 9.17) is 11.6 Å². The van der Waals surface area contributed by atoms with E-state index in [9.17, 15) is 27.9 Å². The van der Waals surface area contributed by atoms with E-state index in [2.05, 4.69) is 5.32 Å². The average molecular weight is 452 g/mol. The van der Waals surface area contributed by atoms with Gasteiger partial charge in [0.15, 0.2) is 0 Å². The monoisotopic (exact) mass is 451 g/mol. The number of hydrogen-bond donors (Lipinski definition) is 2.